The normalized spacial score (nSPS) is 16.0. The first-order chi connectivity index (χ1) is 13.5. The number of hydrogen-bond donors (Lipinski definition) is 3. The Balaban J connectivity index is 1.36. The number of amides is 1. The van der Waals surface area contributed by atoms with Crippen LogP contribution < -0.4 is 15.8 Å². The number of nitrogens with two attached hydrogens (primary N) is 1. The number of nitrogens with one attached hydrogen (secondary N) is 2. The maximum Gasteiger partial charge on any atom is 0.249 e. The van der Waals surface area contributed by atoms with E-state index in [2.05, 4.69) is 10.3 Å². The molecule has 0 unspecified atom stereocenters. The fourth-order valence-corrected chi connectivity index (χ4v) is 3.98. The second kappa shape index (κ2) is 7.81. The molecule has 2 aromatic carbocycles. The molecule has 0 saturated carbocycles. The highest BCUT2D eigenvalue weighted by atomic mass is 35.5. The van der Waals surface area contributed by atoms with Crippen molar-refractivity contribution in [3.8, 4) is 5.75 Å². The van der Waals surface area contributed by atoms with Gasteiger partial charge in [0.25, 0.3) is 0 Å². The molecule has 0 spiro atoms. The number of primary amides is 1. The molecule has 28 heavy (non-hydrogen) atoms. The van der Waals surface area contributed by atoms with E-state index in [-0.39, 0.29) is 11.9 Å². The van der Waals surface area contributed by atoms with Gasteiger partial charge in [-0.3, -0.25) is 4.79 Å². The molecular formula is C21H21ClFN3O2. The lowest BCUT2D eigenvalue weighted by atomic mass is 9.96. The Morgan fingerprint density at radius 1 is 1.36 bits per heavy atom. The topological polar surface area (TPSA) is 80.1 Å². The van der Waals surface area contributed by atoms with Crippen LogP contribution in [0.15, 0.2) is 36.5 Å². The zero-order chi connectivity index (χ0) is 19.7. The Labute approximate surface area is 167 Å². The molecule has 1 aliphatic heterocycles. The molecule has 1 amide bonds. The van der Waals surface area contributed by atoms with Crippen LogP contribution >= 0.6 is 11.6 Å². The van der Waals surface area contributed by atoms with Gasteiger partial charge in [0.15, 0.2) is 0 Å². The first-order valence-electron chi connectivity index (χ1n) is 9.26. The molecule has 1 atom stereocenters. The van der Waals surface area contributed by atoms with Gasteiger partial charge in [-0.2, -0.15) is 0 Å². The molecule has 1 aromatic heterocycles. The molecule has 0 radical (unpaired) electrons. The van der Waals surface area contributed by atoms with Gasteiger partial charge in [-0.25, -0.2) is 4.39 Å². The fraction of sp³-hybridized carbons (Fsp3) is 0.286. The Hall–Kier alpha value is -2.57. The zero-order valence-corrected chi connectivity index (χ0v) is 16.0. The van der Waals surface area contributed by atoms with Gasteiger partial charge in [-0.15, -0.1) is 0 Å². The summed E-state index contributed by atoms with van der Waals surface area (Å²) in [5.74, 6) is -0.158. The molecule has 0 aliphatic carbocycles. The van der Waals surface area contributed by atoms with Crippen LogP contribution in [0.3, 0.4) is 0 Å². The number of carbonyl (C=O) groups is 1. The Bertz CT molecular complexity index is 1030. The van der Waals surface area contributed by atoms with Crippen molar-refractivity contribution in [2.75, 3.05) is 13.2 Å². The largest absolute Gasteiger partial charge is 0.490 e. The number of fused-ring (bicyclic) bond motifs is 2. The summed E-state index contributed by atoms with van der Waals surface area (Å²) in [7, 11) is 0. The minimum atomic E-state index is -0.483. The summed E-state index contributed by atoms with van der Waals surface area (Å²) in [6, 6.07) is 8.13. The number of aromatic nitrogens is 1. The van der Waals surface area contributed by atoms with Crippen molar-refractivity contribution in [2.45, 2.75) is 25.3 Å². The molecule has 3 aromatic rings. The van der Waals surface area contributed by atoms with E-state index in [4.69, 9.17) is 22.1 Å². The van der Waals surface area contributed by atoms with Crippen LogP contribution in [0.1, 0.15) is 27.9 Å². The number of H-pyrrole nitrogens is 1. The molecule has 0 bridgehead atoms. The second-order valence-electron chi connectivity index (χ2n) is 7.04. The number of hydrogen-bond acceptors (Lipinski definition) is 3. The van der Waals surface area contributed by atoms with Crippen LogP contribution in [-0.2, 0) is 12.8 Å². The summed E-state index contributed by atoms with van der Waals surface area (Å²) in [5.41, 5.74) is 8.73. The lowest BCUT2D eigenvalue weighted by Gasteiger charge is -2.28. The van der Waals surface area contributed by atoms with E-state index in [1.807, 2.05) is 6.20 Å². The molecule has 1 aliphatic rings. The summed E-state index contributed by atoms with van der Waals surface area (Å²) in [5, 5.41) is 4.88. The van der Waals surface area contributed by atoms with Crippen molar-refractivity contribution in [3.63, 3.8) is 0 Å². The van der Waals surface area contributed by atoms with Gasteiger partial charge in [0.05, 0.1) is 5.02 Å². The molecule has 2 heterocycles. The average molecular weight is 402 g/mol. The monoisotopic (exact) mass is 401 g/mol. The summed E-state index contributed by atoms with van der Waals surface area (Å²) < 4.78 is 19.3. The van der Waals surface area contributed by atoms with Crippen molar-refractivity contribution in [3.05, 3.63) is 64.1 Å². The highest BCUT2D eigenvalue weighted by Gasteiger charge is 2.25. The third-order valence-electron chi connectivity index (χ3n) is 5.14. The van der Waals surface area contributed by atoms with E-state index in [1.165, 1.54) is 6.07 Å². The van der Waals surface area contributed by atoms with Crippen molar-refractivity contribution in [2.24, 2.45) is 5.73 Å². The lowest BCUT2D eigenvalue weighted by molar-refractivity contribution is 0.0997. The van der Waals surface area contributed by atoms with E-state index < -0.39 is 5.91 Å². The summed E-state index contributed by atoms with van der Waals surface area (Å²) in [4.78, 5) is 14.9. The Morgan fingerprint density at radius 2 is 2.21 bits per heavy atom. The number of rotatable bonds is 6. The van der Waals surface area contributed by atoms with Crippen LogP contribution in [-0.4, -0.2) is 30.1 Å². The van der Waals surface area contributed by atoms with Crippen LogP contribution in [0.5, 0.6) is 5.75 Å². The highest BCUT2D eigenvalue weighted by Crippen LogP contribution is 2.35. The van der Waals surface area contributed by atoms with Gasteiger partial charge in [0, 0.05) is 34.3 Å². The number of halogens is 2. The molecule has 4 rings (SSSR count). The van der Waals surface area contributed by atoms with E-state index in [0.29, 0.717) is 29.4 Å². The smallest absolute Gasteiger partial charge is 0.249 e. The average Bonchev–Trinajstić information content (AvgIpc) is 3.07. The number of benzene rings is 2. The summed E-state index contributed by atoms with van der Waals surface area (Å²) in [6.07, 6.45) is 4.29. The molecule has 0 fully saturated rings. The maximum atomic E-state index is 13.5. The predicted molar refractivity (Wildman–Crippen MR) is 108 cm³/mol. The van der Waals surface area contributed by atoms with Crippen molar-refractivity contribution in [1.82, 2.24) is 10.3 Å². The second-order valence-corrected chi connectivity index (χ2v) is 7.45. The number of carbonyl (C=O) groups excluding carboxylic acids is 1. The van der Waals surface area contributed by atoms with Crippen LogP contribution in [0, 0.1) is 5.82 Å². The van der Waals surface area contributed by atoms with E-state index in [1.54, 1.807) is 24.3 Å². The number of aromatic amines is 1. The SMILES string of the molecule is NC(=O)c1ccc(Cl)c2c1C[C@@H](NCCCc1c[nH]c3ccc(F)cc13)CO2. The number of ether oxygens (including phenoxy) is 1. The maximum absolute atomic E-state index is 13.5. The van der Waals surface area contributed by atoms with Crippen molar-refractivity contribution >= 4 is 28.4 Å². The third kappa shape index (κ3) is 3.70. The Morgan fingerprint density at radius 3 is 3.04 bits per heavy atom. The third-order valence-corrected chi connectivity index (χ3v) is 5.44. The number of aryl methyl sites for hydroxylation is 1. The van der Waals surface area contributed by atoms with Crippen LogP contribution in [0.25, 0.3) is 10.9 Å². The van der Waals surface area contributed by atoms with Gasteiger partial charge in [0.2, 0.25) is 5.91 Å². The van der Waals surface area contributed by atoms with E-state index >= 15 is 0 Å². The zero-order valence-electron chi connectivity index (χ0n) is 15.2. The molecule has 7 heteroatoms. The molecule has 146 valence electrons. The summed E-state index contributed by atoms with van der Waals surface area (Å²) >= 11 is 6.18. The quantitative estimate of drug-likeness (QED) is 0.552. The Kier molecular flexibility index (Phi) is 5.24. The van der Waals surface area contributed by atoms with E-state index in [0.717, 1.165) is 41.4 Å². The van der Waals surface area contributed by atoms with Crippen molar-refractivity contribution in [1.29, 1.82) is 0 Å². The first-order valence-corrected chi connectivity index (χ1v) is 9.63. The van der Waals surface area contributed by atoms with E-state index in [9.17, 15) is 9.18 Å². The first kappa shape index (κ1) is 18.8. The van der Waals surface area contributed by atoms with Gasteiger partial charge in [-0.05, 0) is 61.7 Å². The van der Waals surface area contributed by atoms with Gasteiger partial charge in [-0.1, -0.05) is 11.6 Å². The van der Waals surface area contributed by atoms with Crippen LogP contribution in [0.2, 0.25) is 5.02 Å². The summed E-state index contributed by atoms with van der Waals surface area (Å²) in [6.45, 7) is 1.26. The standard InChI is InChI=1S/C21H21ClFN3O2/c22-18-5-4-15(21(24)27)17-9-14(11-28-20(17)18)25-7-1-2-12-10-26-19-6-3-13(23)8-16(12)19/h3-6,8,10,14,25-26H,1-2,7,9,11H2,(H2,24,27)/t14-/m1/s1. The van der Waals surface area contributed by atoms with Gasteiger partial charge >= 0.3 is 0 Å². The molecule has 5 nitrogen and oxygen atoms in total. The minimum Gasteiger partial charge on any atom is -0.490 e. The predicted octanol–water partition coefficient (Wildman–Crippen LogP) is 3.59. The minimum absolute atomic E-state index is 0.0736. The van der Waals surface area contributed by atoms with Gasteiger partial charge in [0.1, 0.15) is 18.2 Å². The molecule has 4 N–H and O–H groups in total. The highest BCUT2D eigenvalue weighted by molar-refractivity contribution is 6.32. The fourth-order valence-electron chi connectivity index (χ4n) is 3.75. The molecule has 0 saturated heterocycles. The lowest BCUT2D eigenvalue weighted by Crippen LogP contribution is -2.40. The van der Waals surface area contributed by atoms with Crippen molar-refractivity contribution < 1.29 is 13.9 Å². The van der Waals surface area contributed by atoms with Crippen LogP contribution in [0.4, 0.5) is 4.39 Å². The van der Waals surface area contributed by atoms with Gasteiger partial charge < -0.3 is 20.8 Å². The molecular weight excluding hydrogens is 381 g/mol.